The van der Waals surface area contributed by atoms with E-state index in [9.17, 15) is 5.11 Å². The van der Waals surface area contributed by atoms with E-state index in [1.54, 1.807) is 0 Å². The van der Waals surface area contributed by atoms with Crippen LogP contribution in [0.15, 0.2) is 0 Å². The van der Waals surface area contributed by atoms with Gasteiger partial charge in [-0.2, -0.15) is 0 Å². The molecule has 0 aromatic rings. The lowest BCUT2D eigenvalue weighted by Gasteiger charge is -2.40. The van der Waals surface area contributed by atoms with Crippen molar-refractivity contribution in [2.75, 3.05) is 19.6 Å². The number of hydrogen-bond donors (Lipinski definition) is 2. The third-order valence-electron chi connectivity index (χ3n) is 4.51. The molecular formula is C14H28N2O. The molecule has 3 nitrogen and oxygen atoms in total. The minimum atomic E-state index is -0.124. The van der Waals surface area contributed by atoms with Crippen molar-refractivity contribution >= 4 is 0 Å². The van der Waals surface area contributed by atoms with Gasteiger partial charge < -0.3 is 10.4 Å². The fourth-order valence-electron chi connectivity index (χ4n) is 3.48. The number of nitrogens with one attached hydrogen (secondary N) is 1. The Hall–Kier alpha value is -0.120. The summed E-state index contributed by atoms with van der Waals surface area (Å²) in [7, 11) is 0. The first kappa shape index (κ1) is 13.3. The molecule has 3 atom stereocenters. The van der Waals surface area contributed by atoms with E-state index in [0.29, 0.717) is 12.1 Å². The molecule has 1 aliphatic heterocycles. The molecule has 0 amide bonds. The second-order valence-corrected chi connectivity index (χ2v) is 6.09. The monoisotopic (exact) mass is 240 g/mol. The molecular weight excluding hydrogens is 212 g/mol. The Kier molecular flexibility index (Phi) is 4.83. The van der Waals surface area contributed by atoms with Gasteiger partial charge in [0, 0.05) is 31.7 Å². The first-order valence-corrected chi connectivity index (χ1v) is 7.31. The Balaban J connectivity index is 1.77. The van der Waals surface area contributed by atoms with Crippen molar-refractivity contribution in [3.63, 3.8) is 0 Å². The Bertz CT molecular complexity index is 218. The van der Waals surface area contributed by atoms with Crippen molar-refractivity contribution in [3.05, 3.63) is 0 Å². The zero-order chi connectivity index (χ0) is 12.3. The van der Waals surface area contributed by atoms with E-state index in [-0.39, 0.29) is 6.10 Å². The summed E-state index contributed by atoms with van der Waals surface area (Å²) >= 11 is 0. The van der Waals surface area contributed by atoms with Crippen LogP contribution in [0.2, 0.25) is 0 Å². The van der Waals surface area contributed by atoms with Crippen LogP contribution in [0.5, 0.6) is 0 Å². The molecule has 0 aromatic heterocycles. The van der Waals surface area contributed by atoms with Gasteiger partial charge in [0.25, 0.3) is 0 Å². The van der Waals surface area contributed by atoms with Crippen LogP contribution < -0.4 is 5.32 Å². The highest BCUT2D eigenvalue weighted by molar-refractivity contribution is 4.84. The molecule has 2 aliphatic rings. The molecule has 0 bridgehead atoms. The van der Waals surface area contributed by atoms with Gasteiger partial charge in [-0.25, -0.2) is 0 Å². The van der Waals surface area contributed by atoms with E-state index in [0.717, 1.165) is 32.0 Å². The van der Waals surface area contributed by atoms with Crippen LogP contribution in [0.25, 0.3) is 0 Å². The molecule has 17 heavy (non-hydrogen) atoms. The SMILES string of the molecule is CC1CNCC(C)N1CC(O)CC1CCCC1. The van der Waals surface area contributed by atoms with Gasteiger partial charge >= 0.3 is 0 Å². The molecule has 1 saturated heterocycles. The van der Waals surface area contributed by atoms with Gasteiger partial charge in [0.15, 0.2) is 0 Å². The normalized spacial score (nSPS) is 34.1. The predicted molar refractivity (Wildman–Crippen MR) is 71.1 cm³/mol. The zero-order valence-electron chi connectivity index (χ0n) is 11.4. The molecule has 0 radical (unpaired) electrons. The standard InChI is InChI=1S/C14H28N2O/c1-11-8-15-9-12(2)16(11)10-14(17)7-13-5-3-4-6-13/h11-15,17H,3-10H2,1-2H3. The van der Waals surface area contributed by atoms with Crippen LogP contribution >= 0.6 is 0 Å². The highest BCUT2D eigenvalue weighted by atomic mass is 16.3. The average molecular weight is 240 g/mol. The first-order valence-electron chi connectivity index (χ1n) is 7.31. The van der Waals surface area contributed by atoms with Gasteiger partial charge in [-0.1, -0.05) is 25.7 Å². The fourth-order valence-corrected chi connectivity index (χ4v) is 3.48. The summed E-state index contributed by atoms with van der Waals surface area (Å²) in [6, 6.07) is 1.11. The van der Waals surface area contributed by atoms with Gasteiger partial charge in [-0.05, 0) is 26.2 Å². The van der Waals surface area contributed by atoms with Gasteiger partial charge in [0.05, 0.1) is 6.10 Å². The second kappa shape index (κ2) is 6.17. The number of aliphatic hydroxyl groups is 1. The third kappa shape index (κ3) is 3.67. The average Bonchev–Trinajstić information content (AvgIpc) is 2.76. The van der Waals surface area contributed by atoms with Crippen molar-refractivity contribution in [1.82, 2.24) is 10.2 Å². The van der Waals surface area contributed by atoms with Gasteiger partial charge in [-0.3, -0.25) is 4.90 Å². The van der Waals surface area contributed by atoms with Crippen molar-refractivity contribution in [3.8, 4) is 0 Å². The molecule has 1 aliphatic carbocycles. The summed E-state index contributed by atoms with van der Waals surface area (Å²) in [5.74, 6) is 0.790. The Morgan fingerprint density at radius 3 is 2.35 bits per heavy atom. The number of rotatable bonds is 4. The maximum Gasteiger partial charge on any atom is 0.0670 e. The molecule has 2 N–H and O–H groups in total. The highest BCUT2D eigenvalue weighted by Crippen LogP contribution is 2.29. The van der Waals surface area contributed by atoms with Gasteiger partial charge in [-0.15, -0.1) is 0 Å². The van der Waals surface area contributed by atoms with E-state index in [4.69, 9.17) is 0 Å². The third-order valence-corrected chi connectivity index (χ3v) is 4.51. The van der Waals surface area contributed by atoms with E-state index >= 15 is 0 Å². The Morgan fingerprint density at radius 2 is 1.76 bits per heavy atom. The van der Waals surface area contributed by atoms with E-state index in [2.05, 4.69) is 24.1 Å². The summed E-state index contributed by atoms with van der Waals surface area (Å²) in [6.07, 6.45) is 6.31. The number of aliphatic hydroxyl groups excluding tert-OH is 1. The van der Waals surface area contributed by atoms with Crippen molar-refractivity contribution in [1.29, 1.82) is 0 Å². The topological polar surface area (TPSA) is 35.5 Å². The van der Waals surface area contributed by atoms with Crippen LogP contribution in [0.4, 0.5) is 0 Å². The number of piperazine rings is 1. The highest BCUT2D eigenvalue weighted by Gasteiger charge is 2.27. The molecule has 1 heterocycles. The molecule has 2 fully saturated rings. The van der Waals surface area contributed by atoms with E-state index < -0.39 is 0 Å². The first-order chi connectivity index (χ1) is 8.16. The number of β-amino-alcohol motifs (C(OH)–C–C–N with tert-alkyl or cyclic N) is 1. The molecule has 2 rings (SSSR count). The lowest BCUT2D eigenvalue weighted by Crippen LogP contribution is -2.56. The van der Waals surface area contributed by atoms with Gasteiger partial charge in [0.1, 0.15) is 0 Å². The van der Waals surface area contributed by atoms with Crippen LogP contribution in [-0.4, -0.2) is 47.8 Å². The smallest absolute Gasteiger partial charge is 0.0670 e. The molecule has 3 unspecified atom stereocenters. The Labute approximate surface area is 106 Å². The molecule has 3 heteroatoms. The molecule has 100 valence electrons. The van der Waals surface area contributed by atoms with E-state index in [1.807, 2.05) is 0 Å². The lowest BCUT2D eigenvalue weighted by molar-refractivity contribution is 0.0386. The Morgan fingerprint density at radius 1 is 1.18 bits per heavy atom. The second-order valence-electron chi connectivity index (χ2n) is 6.09. The van der Waals surface area contributed by atoms with Crippen LogP contribution in [0, 0.1) is 5.92 Å². The van der Waals surface area contributed by atoms with Crippen LogP contribution in [-0.2, 0) is 0 Å². The molecule has 1 saturated carbocycles. The number of hydrogen-bond acceptors (Lipinski definition) is 3. The van der Waals surface area contributed by atoms with Crippen LogP contribution in [0.3, 0.4) is 0 Å². The minimum Gasteiger partial charge on any atom is -0.392 e. The van der Waals surface area contributed by atoms with Crippen LogP contribution in [0.1, 0.15) is 46.0 Å². The maximum absolute atomic E-state index is 10.2. The molecule has 0 aromatic carbocycles. The quantitative estimate of drug-likeness (QED) is 0.783. The fraction of sp³-hybridized carbons (Fsp3) is 1.00. The largest absolute Gasteiger partial charge is 0.392 e. The zero-order valence-corrected chi connectivity index (χ0v) is 11.4. The summed E-state index contributed by atoms with van der Waals surface area (Å²) in [4.78, 5) is 2.47. The summed E-state index contributed by atoms with van der Waals surface area (Å²) in [5.41, 5.74) is 0. The number of nitrogens with zero attached hydrogens (tertiary/aromatic N) is 1. The maximum atomic E-state index is 10.2. The van der Waals surface area contributed by atoms with Crippen molar-refractivity contribution in [2.24, 2.45) is 5.92 Å². The molecule has 0 spiro atoms. The summed E-state index contributed by atoms with van der Waals surface area (Å²) in [6.45, 7) is 7.48. The van der Waals surface area contributed by atoms with E-state index in [1.165, 1.54) is 25.7 Å². The lowest BCUT2D eigenvalue weighted by atomic mass is 9.98. The van der Waals surface area contributed by atoms with Crippen molar-refractivity contribution < 1.29 is 5.11 Å². The minimum absolute atomic E-state index is 0.124. The summed E-state index contributed by atoms with van der Waals surface area (Å²) in [5, 5.41) is 13.7. The predicted octanol–water partition coefficient (Wildman–Crippen LogP) is 1.61. The van der Waals surface area contributed by atoms with Crippen molar-refractivity contribution in [2.45, 2.75) is 64.1 Å². The summed E-state index contributed by atoms with van der Waals surface area (Å²) < 4.78 is 0. The van der Waals surface area contributed by atoms with Gasteiger partial charge in [0.2, 0.25) is 0 Å².